The highest BCUT2D eigenvalue weighted by atomic mass is 19.4. The number of ketones is 1. The number of benzene rings is 1. The van der Waals surface area contributed by atoms with Gasteiger partial charge in [0.15, 0.2) is 11.4 Å². The zero-order chi connectivity index (χ0) is 16.4. The number of alkyl halides is 3. The third-order valence-corrected chi connectivity index (χ3v) is 3.44. The Kier molecular flexibility index (Phi) is 4.30. The van der Waals surface area contributed by atoms with E-state index in [4.69, 9.17) is 10.5 Å². The van der Waals surface area contributed by atoms with E-state index in [1.165, 1.54) is 12.1 Å². The maximum absolute atomic E-state index is 12.3. The van der Waals surface area contributed by atoms with Gasteiger partial charge in [0.25, 0.3) is 0 Å². The Morgan fingerprint density at radius 2 is 2.00 bits per heavy atom. The molecule has 1 aliphatic rings. The van der Waals surface area contributed by atoms with Crippen LogP contribution in [0.4, 0.5) is 18.0 Å². The summed E-state index contributed by atoms with van der Waals surface area (Å²) in [7, 11) is 0. The highest BCUT2D eigenvalue weighted by Crippen LogP contribution is 2.39. The normalized spacial score (nSPS) is 22.2. The number of hydrogen-bond acceptors (Lipinski definition) is 4. The van der Waals surface area contributed by atoms with Crippen LogP contribution in [0.5, 0.6) is 5.75 Å². The Morgan fingerprint density at radius 1 is 1.27 bits per heavy atom. The van der Waals surface area contributed by atoms with Crippen molar-refractivity contribution in [2.24, 2.45) is 5.73 Å². The Labute approximate surface area is 124 Å². The molecule has 1 amide bonds. The number of carbonyl (C=O) groups is 2. The van der Waals surface area contributed by atoms with E-state index >= 15 is 0 Å². The van der Waals surface area contributed by atoms with E-state index in [-0.39, 0.29) is 24.2 Å². The first-order valence-electron chi connectivity index (χ1n) is 6.61. The van der Waals surface area contributed by atoms with E-state index in [1.807, 2.05) is 0 Å². The molecule has 0 aliphatic heterocycles. The highest BCUT2D eigenvalue weighted by Gasteiger charge is 2.45. The summed E-state index contributed by atoms with van der Waals surface area (Å²) in [5.41, 5.74) is 3.50. The largest absolute Gasteiger partial charge is 0.573 e. The summed E-state index contributed by atoms with van der Waals surface area (Å²) >= 11 is 0. The molecule has 0 unspecified atom stereocenters. The minimum atomic E-state index is -4.85. The summed E-state index contributed by atoms with van der Waals surface area (Å²) in [6.07, 6.45) is -4.46. The molecule has 1 saturated carbocycles. The van der Waals surface area contributed by atoms with Gasteiger partial charge in [0, 0.05) is 12.0 Å². The molecule has 120 valence electrons. The molecule has 1 atom stereocenters. The second-order valence-corrected chi connectivity index (χ2v) is 4.95. The molecule has 0 heterocycles. The molecular weight excluding hydrogens is 303 g/mol. The van der Waals surface area contributed by atoms with Gasteiger partial charge in [-0.1, -0.05) is 12.1 Å². The third-order valence-electron chi connectivity index (χ3n) is 3.44. The van der Waals surface area contributed by atoms with Crippen molar-refractivity contribution in [3.05, 3.63) is 29.8 Å². The summed E-state index contributed by atoms with van der Waals surface area (Å²) in [5.74, 6) is -0.877. The molecule has 1 aliphatic carbocycles. The summed E-state index contributed by atoms with van der Waals surface area (Å²) in [4.78, 5) is 23.4. The van der Waals surface area contributed by atoms with Gasteiger partial charge < -0.3 is 15.2 Å². The molecular formula is C14H14F3NO4. The Hall–Kier alpha value is -2.25. The van der Waals surface area contributed by atoms with Crippen molar-refractivity contribution in [1.29, 1.82) is 0 Å². The first-order chi connectivity index (χ1) is 10.2. The van der Waals surface area contributed by atoms with E-state index in [0.29, 0.717) is 12.8 Å². The van der Waals surface area contributed by atoms with E-state index < -0.39 is 23.8 Å². The van der Waals surface area contributed by atoms with Crippen LogP contribution in [0.1, 0.15) is 31.2 Å². The first kappa shape index (κ1) is 16.1. The molecule has 1 fully saturated rings. The van der Waals surface area contributed by atoms with Crippen LogP contribution in [-0.2, 0) is 15.1 Å². The quantitative estimate of drug-likeness (QED) is 0.929. The van der Waals surface area contributed by atoms with Gasteiger partial charge in [0.1, 0.15) is 5.75 Å². The van der Waals surface area contributed by atoms with Crippen molar-refractivity contribution in [1.82, 2.24) is 0 Å². The van der Waals surface area contributed by atoms with Crippen molar-refractivity contribution in [3.63, 3.8) is 0 Å². The average Bonchev–Trinajstić information content (AvgIpc) is 2.39. The van der Waals surface area contributed by atoms with Gasteiger partial charge in [-0.3, -0.25) is 4.79 Å². The predicted molar refractivity (Wildman–Crippen MR) is 68.9 cm³/mol. The average molecular weight is 317 g/mol. The fraction of sp³-hybridized carbons (Fsp3) is 0.429. The lowest BCUT2D eigenvalue weighted by atomic mass is 9.78. The lowest BCUT2D eigenvalue weighted by Gasteiger charge is -2.35. The number of Topliss-reactive ketones (excluding diaryl/α,β-unsaturated/α-hetero) is 1. The number of ether oxygens (including phenoxy) is 2. The Balaban J connectivity index is 2.41. The van der Waals surface area contributed by atoms with Crippen LogP contribution in [0, 0.1) is 0 Å². The number of amides is 1. The molecule has 1 aromatic carbocycles. The summed E-state index contributed by atoms with van der Waals surface area (Å²) < 4.78 is 45.8. The van der Waals surface area contributed by atoms with Gasteiger partial charge in [0.2, 0.25) is 0 Å². The maximum atomic E-state index is 12.3. The molecule has 0 saturated heterocycles. The standard InChI is InChI=1S/C14H14F3NO4/c15-14(16,17)21-10-5-3-4-9(8-10)13(22-12(18)20)7-2-1-6-11(13)19/h3-5,8H,1-2,6-7H2,(H2,18,20)/t13-/m1/s1. The van der Waals surface area contributed by atoms with Gasteiger partial charge in [-0.05, 0) is 31.4 Å². The van der Waals surface area contributed by atoms with Crippen LogP contribution in [0.25, 0.3) is 0 Å². The summed E-state index contributed by atoms with van der Waals surface area (Å²) in [6, 6.07) is 4.85. The lowest BCUT2D eigenvalue weighted by Crippen LogP contribution is -2.44. The zero-order valence-electron chi connectivity index (χ0n) is 11.5. The van der Waals surface area contributed by atoms with E-state index in [2.05, 4.69) is 4.74 Å². The second kappa shape index (κ2) is 5.86. The van der Waals surface area contributed by atoms with Crippen molar-refractivity contribution in [2.45, 2.75) is 37.6 Å². The maximum Gasteiger partial charge on any atom is 0.573 e. The van der Waals surface area contributed by atoms with E-state index in [0.717, 1.165) is 12.1 Å². The molecule has 2 N–H and O–H groups in total. The molecule has 5 nitrogen and oxygen atoms in total. The predicted octanol–water partition coefficient (Wildman–Crippen LogP) is 3.02. The highest BCUT2D eigenvalue weighted by molar-refractivity contribution is 5.91. The SMILES string of the molecule is NC(=O)O[C@@]1(c2cccc(OC(F)(F)F)c2)CCCCC1=O. The molecule has 0 aromatic heterocycles. The minimum Gasteiger partial charge on any atom is -0.430 e. The number of primary amides is 1. The monoisotopic (exact) mass is 317 g/mol. The molecule has 1 aromatic rings. The van der Waals surface area contributed by atoms with Crippen LogP contribution in [0.15, 0.2) is 24.3 Å². The van der Waals surface area contributed by atoms with Crippen LogP contribution in [0.3, 0.4) is 0 Å². The van der Waals surface area contributed by atoms with Gasteiger partial charge in [-0.2, -0.15) is 0 Å². The Bertz CT molecular complexity index is 588. The van der Waals surface area contributed by atoms with Crippen molar-refractivity contribution in [3.8, 4) is 5.75 Å². The number of halogens is 3. The first-order valence-corrected chi connectivity index (χ1v) is 6.61. The number of rotatable bonds is 3. The number of nitrogens with two attached hydrogens (primary N) is 1. The van der Waals surface area contributed by atoms with Gasteiger partial charge >= 0.3 is 12.5 Å². The van der Waals surface area contributed by atoms with Gasteiger partial charge in [-0.15, -0.1) is 13.2 Å². The van der Waals surface area contributed by atoms with Crippen molar-refractivity contribution >= 4 is 11.9 Å². The molecule has 2 rings (SSSR count). The molecule has 0 bridgehead atoms. The second-order valence-electron chi connectivity index (χ2n) is 4.95. The van der Waals surface area contributed by atoms with Crippen molar-refractivity contribution < 1.29 is 32.2 Å². The van der Waals surface area contributed by atoms with E-state index in [9.17, 15) is 22.8 Å². The van der Waals surface area contributed by atoms with Crippen LogP contribution < -0.4 is 10.5 Å². The molecule has 0 radical (unpaired) electrons. The number of hydrogen-bond donors (Lipinski definition) is 1. The van der Waals surface area contributed by atoms with E-state index in [1.54, 1.807) is 0 Å². The fourth-order valence-electron chi connectivity index (χ4n) is 2.59. The molecule has 8 heteroatoms. The van der Waals surface area contributed by atoms with Crippen molar-refractivity contribution in [2.75, 3.05) is 0 Å². The summed E-state index contributed by atoms with van der Waals surface area (Å²) in [5, 5.41) is 0. The molecule has 0 spiro atoms. The van der Waals surface area contributed by atoms with Crippen LogP contribution >= 0.6 is 0 Å². The fourth-order valence-corrected chi connectivity index (χ4v) is 2.59. The topological polar surface area (TPSA) is 78.6 Å². The summed E-state index contributed by atoms with van der Waals surface area (Å²) in [6.45, 7) is 0. The van der Waals surface area contributed by atoms with Crippen LogP contribution in [-0.4, -0.2) is 18.2 Å². The Morgan fingerprint density at radius 3 is 2.59 bits per heavy atom. The van der Waals surface area contributed by atoms with Gasteiger partial charge in [0.05, 0.1) is 0 Å². The zero-order valence-corrected chi connectivity index (χ0v) is 11.5. The third kappa shape index (κ3) is 3.49. The van der Waals surface area contributed by atoms with Gasteiger partial charge in [-0.25, -0.2) is 4.79 Å². The molecule has 22 heavy (non-hydrogen) atoms. The lowest BCUT2D eigenvalue weighted by molar-refractivity contribution is -0.274. The van der Waals surface area contributed by atoms with Crippen LogP contribution in [0.2, 0.25) is 0 Å². The number of carbonyl (C=O) groups excluding carboxylic acids is 2. The smallest absolute Gasteiger partial charge is 0.430 e. The minimum absolute atomic E-state index is 0.123.